The van der Waals surface area contributed by atoms with Gasteiger partial charge in [0.25, 0.3) is 0 Å². The van der Waals surface area contributed by atoms with Gasteiger partial charge in [-0.1, -0.05) is 0 Å². The molecule has 0 saturated carbocycles. The van der Waals surface area contributed by atoms with Crippen molar-refractivity contribution in [3.63, 3.8) is 0 Å². The molecule has 2 aromatic rings. The molecular weight excluding hydrogens is 537 g/mol. The first-order chi connectivity index (χ1) is 15.7. The monoisotopic (exact) mass is 573 g/mol. The standard InChI is InChI=1S/C23H35N5O4.HI/c1-28-18-19(17-26-28)6-3-9-24-23(25-10-4-11-30-15-14-29-2)27-20-7-8-21-22(16-20)32-13-5-12-31-21;/h7-8,16-18H,3-6,9-15H2,1-2H3,(H2,24,25,27);1H. The molecular formula is C23H36IN5O4. The molecule has 2 heterocycles. The van der Waals surface area contributed by atoms with Crippen LogP contribution >= 0.6 is 24.0 Å². The highest BCUT2D eigenvalue weighted by Gasteiger charge is 2.11. The summed E-state index contributed by atoms with van der Waals surface area (Å²) < 4.78 is 23.9. The fourth-order valence-electron chi connectivity index (χ4n) is 3.22. The smallest absolute Gasteiger partial charge is 0.195 e. The van der Waals surface area contributed by atoms with E-state index in [-0.39, 0.29) is 24.0 Å². The molecule has 1 aromatic carbocycles. The Kier molecular flexibility index (Phi) is 13.0. The predicted molar refractivity (Wildman–Crippen MR) is 140 cm³/mol. The van der Waals surface area contributed by atoms with Gasteiger partial charge in [-0.3, -0.25) is 9.67 Å². The number of anilines is 1. The minimum Gasteiger partial charge on any atom is -0.490 e. The molecule has 0 amide bonds. The Labute approximate surface area is 213 Å². The molecule has 10 heteroatoms. The number of halogens is 1. The highest BCUT2D eigenvalue weighted by atomic mass is 127. The zero-order chi connectivity index (χ0) is 22.4. The van der Waals surface area contributed by atoms with Crippen LogP contribution in [-0.2, 0) is 22.9 Å². The van der Waals surface area contributed by atoms with Crippen LogP contribution in [0.4, 0.5) is 5.69 Å². The number of aliphatic imine (C=N–C) groups is 1. The van der Waals surface area contributed by atoms with Gasteiger partial charge in [0, 0.05) is 58.2 Å². The van der Waals surface area contributed by atoms with E-state index in [0.717, 1.165) is 55.4 Å². The summed E-state index contributed by atoms with van der Waals surface area (Å²) in [4.78, 5) is 4.75. The SMILES string of the molecule is COCCOCCCNC(=NCCCc1cnn(C)c1)Nc1ccc2c(c1)OCCCO2.I. The highest BCUT2D eigenvalue weighted by Crippen LogP contribution is 2.32. The zero-order valence-electron chi connectivity index (χ0n) is 19.5. The van der Waals surface area contributed by atoms with Gasteiger partial charge in [0.05, 0.1) is 32.6 Å². The van der Waals surface area contributed by atoms with Gasteiger partial charge in [-0.25, -0.2) is 0 Å². The molecule has 0 radical (unpaired) electrons. The van der Waals surface area contributed by atoms with E-state index in [9.17, 15) is 0 Å². The summed E-state index contributed by atoms with van der Waals surface area (Å²) in [6.07, 6.45) is 7.60. The second-order valence-corrected chi connectivity index (χ2v) is 7.58. The van der Waals surface area contributed by atoms with Crippen molar-refractivity contribution in [2.75, 3.05) is 58.6 Å². The van der Waals surface area contributed by atoms with E-state index in [0.29, 0.717) is 39.6 Å². The van der Waals surface area contributed by atoms with Crippen molar-refractivity contribution in [2.45, 2.75) is 25.7 Å². The van der Waals surface area contributed by atoms with Crippen molar-refractivity contribution >= 4 is 35.6 Å². The van der Waals surface area contributed by atoms with Crippen molar-refractivity contribution in [3.05, 3.63) is 36.2 Å². The van der Waals surface area contributed by atoms with Gasteiger partial charge in [0.2, 0.25) is 0 Å². The fourth-order valence-corrected chi connectivity index (χ4v) is 3.22. The summed E-state index contributed by atoms with van der Waals surface area (Å²) in [6.45, 7) is 4.70. The van der Waals surface area contributed by atoms with E-state index in [4.69, 9.17) is 23.9 Å². The van der Waals surface area contributed by atoms with Crippen LogP contribution in [0.3, 0.4) is 0 Å². The predicted octanol–water partition coefficient (Wildman–Crippen LogP) is 3.24. The Morgan fingerprint density at radius 1 is 1.15 bits per heavy atom. The first-order valence-electron chi connectivity index (χ1n) is 11.2. The lowest BCUT2D eigenvalue weighted by Crippen LogP contribution is -2.32. The number of rotatable bonds is 12. The second kappa shape index (κ2) is 15.7. The molecule has 0 atom stereocenters. The number of aryl methyl sites for hydroxylation is 2. The van der Waals surface area contributed by atoms with Gasteiger partial charge in [0.15, 0.2) is 17.5 Å². The molecule has 0 spiro atoms. The van der Waals surface area contributed by atoms with Crippen LogP contribution < -0.4 is 20.1 Å². The summed E-state index contributed by atoms with van der Waals surface area (Å²) in [5.41, 5.74) is 2.13. The lowest BCUT2D eigenvalue weighted by molar-refractivity contribution is 0.0699. The molecule has 1 aromatic heterocycles. The number of nitrogens with one attached hydrogen (secondary N) is 2. The number of aromatic nitrogens is 2. The number of hydrogen-bond acceptors (Lipinski definition) is 6. The molecule has 184 valence electrons. The molecule has 0 unspecified atom stereocenters. The van der Waals surface area contributed by atoms with Crippen molar-refractivity contribution in [2.24, 2.45) is 12.0 Å². The third-order valence-corrected chi connectivity index (χ3v) is 4.85. The third kappa shape index (κ3) is 10.2. The lowest BCUT2D eigenvalue weighted by Gasteiger charge is -2.15. The molecule has 1 aliphatic rings. The number of hydrogen-bond donors (Lipinski definition) is 2. The molecule has 3 rings (SSSR count). The van der Waals surface area contributed by atoms with Gasteiger partial charge in [0.1, 0.15) is 0 Å². The first-order valence-corrected chi connectivity index (χ1v) is 11.2. The van der Waals surface area contributed by atoms with E-state index in [1.54, 1.807) is 7.11 Å². The number of benzene rings is 1. The Balaban J connectivity index is 0.00000385. The number of methoxy groups -OCH3 is 1. The maximum atomic E-state index is 5.81. The topological polar surface area (TPSA) is 91.2 Å². The number of nitrogens with zero attached hydrogens (tertiary/aromatic N) is 3. The minimum absolute atomic E-state index is 0. The van der Waals surface area contributed by atoms with Crippen LogP contribution in [0.5, 0.6) is 11.5 Å². The normalized spacial score (nSPS) is 13.2. The van der Waals surface area contributed by atoms with Crippen molar-refractivity contribution in [1.82, 2.24) is 15.1 Å². The zero-order valence-corrected chi connectivity index (χ0v) is 21.9. The summed E-state index contributed by atoms with van der Waals surface area (Å²) in [7, 11) is 3.61. The van der Waals surface area contributed by atoms with E-state index in [1.807, 2.05) is 42.3 Å². The van der Waals surface area contributed by atoms with Crippen LogP contribution in [-0.4, -0.2) is 69.0 Å². The minimum atomic E-state index is 0. The largest absolute Gasteiger partial charge is 0.490 e. The summed E-state index contributed by atoms with van der Waals surface area (Å²) in [5.74, 6) is 2.28. The Bertz CT molecular complexity index is 846. The Hall–Kier alpha value is -2.05. The van der Waals surface area contributed by atoms with Crippen molar-refractivity contribution in [1.29, 1.82) is 0 Å². The van der Waals surface area contributed by atoms with Crippen LogP contribution in [0, 0.1) is 0 Å². The summed E-state index contributed by atoms with van der Waals surface area (Å²) >= 11 is 0. The quantitative estimate of drug-likeness (QED) is 0.174. The van der Waals surface area contributed by atoms with Crippen LogP contribution in [0.15, 0.2) is 35.6 Å². The lowest BCUT2D eigenvalue weighted by atomic mass is 10.2. The maximum absolute atomic E-state index is 5.81. The molecule has 1 aliphatic heterocycles. The molecule has 0 saturated heterocycles. The average molecular weight is 573 g/mol. The second-order valence-electron chi connectivity index (χ2n) is 7.58. The van der Waals surface area contributed by atoms with Gasteiger partial charge in [-0.2, -0.15) is 5.10 Å². The Morgan fingerprint density at radius 2 is 2.00 bits per heavy atom. The molecule has 0 bridgehead atoms. The molecule has 0 aliphatic carbocycles. The maximum Gasteiger partial charge on any atom is 0.195 e. The van der Waals surface area contributed by atoms with E-state index in [1.165, 1.54) is 5.56 Å². The van der Waals surface area contributed by atoms with E-state index in [2.05, 4.69) is 15.7 Å². The van der Waals surface area contributed by atoms with Gasteiger partial charge in [-0.05, 0) is 37.0 Å². The van der Waals surface area contributed by atoms with E-state index >= 15 is 0 Å². The molecule has 33 heavy (non-hydrogen) atoms. The van der Waals surface area contributed by atoms with Crippen LogP contribution in [0.25, 0.3) is 0 Å². The van der Waals surface area contributed by atoms with Gasteiger partial charge in [-0.15, -0.1) is 24.0 Å². The van der Waals surface area contributed by atoms with E-state index < -0.39 is 0 Å². The summed E-state index contributed by atoms with van der Waals surface area (Å²) in [6, 6.07) is 5.88. The number of fused-ring (bicyclic) bond motifs is 1. The average Bonchev–Trinajstić information content (AvgIpc) is 3.07. The van der Waals surface area contributed by atoms with Crippen molar-refractivity contribution in [3.8, 4) is 11.5 Å². The molecule has 2 N–H and O–H groups in total. The Morgan fingerprint density at radius 3 is 2.79 bits per heavy atom. The van der Waals surface area contributed by atoms with Crippen molar-refractivity contribution < 1.29 is 18.9 Å². The number of guanidine groups is 1. The van der Waals surface area contributed by atoms with Gasteiger partial charge >= 0.3 is 0 Å². The third-order valence-electron chi connectivity index (χ3n) is 4.85. The first kappa shape index (κ1) is 27.2. The molecule has 0 fully saturated rings. The number of ether oxygens (including phenoxy) is 4. The van der Waals surface area contributed by atoms with Crippen LogP contribution in [0.2, 0.25) is 0 Å². The highest BCUT2D eigenvalue weighted by molar-refractivity contribution is 14.0. The van der Waals surface area contributed by atoms with Gasteiger partial charge < -0.3 is 29.6 Å². The van der Waals surface area contributed by atoms with Crippen LogP contribution in [0.1, 0.15) is 24.8 Å². The summed E-state index contributed by atoms with van der Waals surface area (Å²) in [5, 5.41) is 11.0. The fraction of sp³-hybridized carbons (Fsp3) is 0.565. The molecule has 9 nitrogen and oxygen atoms in total.